The molecule has 12 nitrogen and oxygen atoms in total. The van der Waals surface area contributed by atoms with Crippen molar-refractivity contribution in [3.63, 3.8) is 0 Å². The number of azide groups is 1. The molecular formula is C23H44N4O8. The third kappa shape index (κ3) is 14.6. The summed E-state index contributed by atoms with van der Waals surface area (Å²) in [5.74, 6) is -1.01. The zero-order chi connectivity index (χ0) is 26.1. The molecule has 35 heavy (non-hydrogen) atoms. The second kappa shape index (κ2) is 19.9. The third-order valence-corrected chi connectivity index (χ3v) is 5.43. The van der Waals surface area contributed by atoms with Gasteiger partial charge in [-0.15, -0.1) is 0 Å². The van der Waals surface area contributed by atoms with Crippen LogP contribution in [0.4, 0.5) is 0 Å². The first-order valence-corrected chi connectivity index (χ1v) is 11.7. The fourth-order valence-electron chi connectivity index (χ4n) is 3.66. The molecule has 6 atom stereocenters. The van der Waals surface area contributed by atoms with Crippen LogP contribution in [-0.2, 0) is 28.6 Å². The first-order chi connectivity index (χ1) is 16.1. The average molecular weight is 505 g/mol. The number of rotatable bonds is 6. The molecule has 2 fully saturated rings. The lowest BCUT2D eigenvalue weighted by Gasteiger charge is -2.29. The van der Waals surface area contributed by atoms with Gasteiger partial charge in [-0.3, -0.25) is 14.4 Å². The summed E-state index contributed by atoms with van der Waals surface area (Å²) in [7, 11) is 0. The lowest BCUT2D eigenvalue weighted by molar-refractivity contribution is -0.151. The smallest absolute Gasteiger partial charge is 0.308 e. The van der Waals surface area contributed by atoms with Crippen LogP contribution in [0.5, 0.6) is 0 Å². The Morgan fingerprint density at radius 2 is 1.34 bits per heavy atom. The number of esters is 3. The van der Waals surface area contributed by atoms with Crippen molar-refractivity contribution in [1.82, 2.24) is 0 Å². The van der Waals surface area contributed by atoms with Gasteiger partial charge in [0.05, 0.1) is 49.9 Å². The minimum absolute atomic E-state index is 0. The van der Waals surface area contributed by atoms with Crippen LogP contribution in [0.3, 0.4) is 0 Å². The van der Waals surface area contributed by atoms with E-state index in [0.29, 0.717) is 58.3 Å². The molecule has 0 aromatic carbocycles. The van der Waals surface area contributed by atoms with E-state index < -0.39 is 18.2 Å². The van der Waals surface area contributed by atoms with E-state index in [1.54, 1.807) is 20.8 Å². The summed E-state index contributed by atoms with van der Waals surface area (Å²) in [4.78, 5) is 35.2. The van der Waals surface area contributed by atoms with E-state index in [2.05, 4.69) is 14.8 Å². The number of hydrogen-bond acceptors (Lipinski definition) is 10. The van der Waals surface area contributed by atoms with E-state index >= 15 is 0 Å². The van der Waals surface area contributed by atoms with Gasteiger partial charge in [0.15, 0.2) is 0 Å². The molecule has 4 N–H and O–H groups in total. The Morgan fingerprint density at radius 3 is 1.71 bits per heavy atom. The third-order valence-electron chi connectivity index (χ3n) is 5.43. The topological polar surface area (TPSA) is 194 Å². The second-order valence-electron chi connectivity index (χ2n) is 8.02. The van der Waals surface area contributed by atoms with Crippen molar-refractivity contribution in [2.45, 2.75) is 97.9 Å². The number of ether oxygens (including phenoxy) is 3. The zero-order valence-corrected chi connectivity index (χ0v) is 20.6. The normalized spacial score (nSPS) is 27.1. The fraction of sp³-hybridized carbons (Fsp3) is 0.870. The van der Waals surface area contributed by atoms with Gasteiger partial charge in [0, 0.05) is 17.9 Å². The molecule has 0 aromatic rings. The first kappa shape index (κ1) is 34.8. The molecule has 0 aliphatic heterocycles. The highest BCUT2D eigenvalue weighted by molar-refractivity contribution is 5.73. The highest BCUT2D eigenvalue weighted by Gasteiger charge is 2.33. The van der Waals surface area contributed by atoms with Crippen molar-refractivity contribution in [1.29, 1.82) is 0 Å². The van der Waals surface area contributed by atoms with Crippen LogP contribution in [0.2, 0.25) is 0 Å². The second-order valence-corrected chi connectivity index (χ2v) is 8.02. The van der Waals surface area contributed by atoms with Crippen molar-refractivity contribution < 1.29 is 38.8 Å². The van der Waals surface area contributed by atoms with E-state index in [0.717, 1.165) is 0 Å². The molecule has 0 bridgehead atoms. The lowest BCUT2D eigenvalue weighted by Crippen LogP contribution is -2.42. The standard InChI is InChI=1S/C9H15N3O3.C9H17NO3.C4H8O2.CH4/c1-2-15-9(14)6-3-4-8(13)7(5-6)11-12-10;1-2-13-9(12)6-3-4-8(11)7(10)5-6;1-3-6-4(2)5;/h6-8,13H,2-5H2,1H3;6-8,11H,2-5,10H2,1H3;3H2,1-2H3;1H4/t2*6-,7+,8+;;/m00../s1. The van der Waals surface area contributed by atoms with Crippen LogP contribution in [0.15, 0.2) is 5.11 Å². The molecule has 0 heterocycles. The number of nitrogens with two attached hydrogens (primary N) is 1. The molecule has 2 aliphatic rings. The molecular weight excluding hydrogens is 460 g/mol. The summed E-state index contributed by atoms with van der Waals surface area (Å²) in [5, 5.41) is 22.3. The van der Waals surface area contributed by atoms with Crippen molar-refractivity contribution in [3.8, 4) is 0 Å². The number of aliphatic hydroxyl groups excluding tert-OH is 2. The van der Waals surface area contributed by atoms with Gasteiger partial charge in [-0.05, 0) is 64.8 Å². The van der Waals surface area contributed by atoms with Crippen molar-refractivity contribution in [3.05, 3.63) is 10.4 Å². The Kier molecular flexibility index (Phi) is 19.7. The number of nitrogens with zero attached hydrogens (tertiary/aromatic N) is 3. The Morgan fingerprint density at radius 1 is 0.886 bits per heavy atom. The van der Waals surface area contributed by atoms with Crippen molar-refractivity contribution in [2.24, 2.45) is 22.7 Å². The summed E-state index contributed by atoms with van der Waals surface area (Å²) in [6.45, 7) is 7.95. The number of carbonyl (C=O) groups is 3. The van der Waals surface area contributed by atoms with Crippen LogP contribution in [0.1, 0.15) is 73.6 Å². The van der Waals surface area contributed by atoms with Gasteiger partial charge >= 0.3 is 17.9 Å². The Bertz CT molecular complexity index is 672. The molecule has 2 saturated carbocycles. The SMILES string of the molecule is C.CCOC(=O)[C@H]1CC[C@@H](O)[C@H](N)C1.CCOC(=O)[C@H]1CC[C@@H](O)[C@H](N=[N+]=[N-])C1.CCOC(C)=O. The average Bonchev–Trinajstić information content (AvgIpc) is 2.78. The maximum Gasteiger partial charge on any atom is 0.308 e. The highest BCUT2D eigenvalue weighted by Crippen LogP contribution is 2.28. The molecule has 0 saturated heterocycles. The van der Waals surface area contributed by atoms with E-state index in [1.165, 1.54) is 6.92 Å². The van der Waals surface area contributed by atoms with Crippen LogP contribution in [0, 0.1) is 11.8 Å². The summed E-state index contributed by atoms with van der Waals surface area (Å²) in [6.07, 6.45) is 2.20. The molecule has 12 heteroatoms. The zero-order valence-electron chi connectivity index (χ0n) is 20.6. The van der Waals surface area contributed by atoms with Crippen LogP contribution in [0.25, 0.3) is 10.4 Å². The van der Waals surface area contributed by atoms with Gasteiger partial charge in [-0.1, -0.05) is 12.5 Å². The fourth-order valence-corrected chi connectivity index (χ4v) is 3.66. The van der Waals surface area contributed by atoms with Crippen LogP contribution < -0.4 is 5.73 Å². The van der Waals surface area contributed by atoms with Crippen molar-refractivity contribution >= 4 is 17.9 Å². The molecule has 0 radical (unpaired) electrons. The van der Waals surface area contributed by atoms with Gasteiger partial charge in [-0.2, -0.15) is 0 Å². The van der Waals surface area contributed by atoms with E-state index in [-0.39, 0.29) is 43.2 Å². The summed E-state index contributed by atoms with van der Waals surface area (Å²) >= 11 is 0. The lowest BCUT2D eigenvalue weighted by atomic mass is 9.84. The van der Waals surface area contributed by atoms with Crippen molar-refractivity contribution in [2.75, 3.05) is 19.8 Å². The summed E-state index contributed by atoms with van der Waals surface area (Å²) in [6, 6.07) is -0.777. The number of carbonyl (C=O) groups excluding carboxylic acids is 3. The van der Waals surface area contributed by atoms with Gasteiger partial charge < -0.3 is 30.2 Å². The minimum atomic E-state index is -0.633. The number of aliphatic hydroxyl groups is 2. The molecule has 0 amide bonds. The number of hydrogen-bond donors (Lipinski definition) is 3. The van der Waals surface area contributed by atoms with E-state index in [4.69, 9.17) is 20.7 Å². The molecule has 0 unspecified atom stereocenters. The molecule has 2 rings (SSSR count). The first-order valence-electron chi connectivity index (χ1n) is 11.7. The Balaban J connectivity index is 0. The van der Waals surface area contributed by atoms with Crippen LogP contribution in [-0.4, -0.2) is 72.2 Å². The quantitative estimate of drug-likeness (QED) is 0.160. The Hall–Kier alpha value is -2.40. The largest absolute Gasteiger partial charge is 0.466 e. The van der Waals surface area contributed by atoms with Gasteiger partial charge in [0.2, 0.25) is 0 Å². The molecule has 204 valence electrons. The maximum atomic E-state index is 11.4. The maximum absolute atomic E-state index is 11.4. The summed E-state index contributed by atoms with van der Waals surface area (Å²) in [5.41, 5.74) is 13.9. The van der Waals surface area contributed by atoms with Gasteiger partial charge in [0.1, 0.15) is 0 Å². The molecule has 0 aromatic heterocycles. The monoisotopic (exact) mass is 504 g/mol. The van der Waals surface area contributed by atoms with Gasteiger partial charge in [0.25, 0.3) is 0 Å². The summed E-state index contributed by atoms with van der Waals surface area (Å²) < 4.78 is 14.2. The van der Waals surface area contributed by atoms with Crippen LogP contribution >= 0.6 is 0 Å². The predicted molar refractivity (Wildman–Crippen MR) is 130 cm³/mol. The highest BCUT2D eigenvalue weighted by atomic mass is 16.5. The van der Waals surface area contributed by atoms with E-state index in [9.17, 15) is 24.6 Å². The van der Waals surface area contributed by atoms with E-state index in [1.807, 2.05) is 0 Å². The molecule has 0 spiro atoms. The Labute approximate surface area is 208 Å². The minimum Gasteiger partial charge on any atom is -0.466 e. The molecule has 2 aliphatic carbocycles. The predicted octanol–water partition coefficient (Wildman–Crippen LogP) is 2.63. The van der Waals surface area contributed by atoms with Gasteiger partial charge in [-0.25, -0.2) is 0 Å².